The lowest BCUT2D eigenvalue weighted by Gasteiger charge is -2.31. The van der Waals surface area contributed by atoms with Crippen molar-refractivity contribution >= 4 is 28.6 Å². The Morgan fingerprint density at radius 1 is 1.35 bits per heavy atom. The second kappa shape index (κ2) is 3.38. The third-order valence-electron chi connectivity index (χ3n) is 3.36. The molecule has 3 N–H and O–H groups in total. The van der Waals surface area contributed by atoms with Crippen molar-refractivity contribution in [3.63, 3.8) is 0 Å². The first-order valence-electron chi connectivity index (χ1n) is 5.74. The first-order valence-corrected chi connectivity index (χ1v) is 6.72. The highest BCUT2D eigenvalue weighted by Gasteiger charge is 2.30. The highest BCUT2D eigenvalue weighted by Crippen LogP contribution is 2.42. The molecular weight excluding hydrogens is 232 g/mol. The van der Waals surface area contributed by atoms with E-state index in [1.54, 1.807) is 0 Å². The van der Waals surface area contributed by atoms with E-state index in [-0.39, 0.29) is 4.75 Å². The SMILES string of the molecule is Cc1nc2n[nH]c(N)c2c2c1CSC(C)(C)C2. The Kier molecular flexibility index (Phi) is 2.17. The molecule has 2 aromatic heterocycles. The maximum atomic E-state index is 5.97. The number of hydrogen-bond donors (Lipinski definition) is 2. The van der Waals surface area contributed by atoms with Crippen LogP contribution in [0.1, 0.15) is 30.7 Å². The number of thioether (sulfide) groups is 1. The third-order valence-corrected chi connectivity index (χ3v) is 4.72. The molecule has 0 saturated carbocycles. The van der Waals surface area contributed by atoms with Crippen molar-refractivity contribution in [2.75, 3.05) is 5.73 Å². The van der Waals surface area contributed by atoms with Gasteiger partial charge in [0, 0.05) is 16.2 Å². The van der Waals surface area contributed by atoms with Crippen molar-refractivity contribution in [1.29, 1.82) is 0 Å². The van der Waals surface area contributed by atoms with Crippen molar-refractivity contribution < 1.29 is 0 Å². The van der Waals surface area contributed by atoms with E-state index in [0.717, 1.165) is 28.9 Å². The smallest absolute Gasteiger partial charge is 0.183 e. The number of fused-ring (bicyclic) bond motifs is 3. The highest BCUT2D eigenvalue weighted by molar-refractivity contribution is 7.99. The van der Waals surface area contributed by atoms with Gasteiger partial charge in [-0.1, -0.05) is 13.8 Å². The van der Waals surface area contributed by atoms with E-state index in [4.69, 9.17) is 5.73 Å². The maximum Gasteiger partial charge on any atom is 0.183 e. The van der Waals surface area contributed by atoms with Crippen LogP contribution in [0.4, 0.5) is 5.82 Å². The first kappa shape index (κ1) is 10.9. The Morgan fingerprint density at radius 2 is 2.12 bits per heavy atom. The van der Waals surface area contributed by atoms with Crippen LogP contribution in [0.2, 0.25) is 0 Å². The number of nitrogens with zero attached hydrogens (tertiary/aromatic N) is 2. The average Bonchev–Trinajstić information content (AvgIpc) is 2.58. The standard InChI is InChI=1S/C12H16N4S/c1-6-8-5-17-12(2,3)4-7(8)9-10(13)15-16-11(9)14-6/h4-5H2,1-3H3,(H3,13,14,15,16). The molecule has 0 spiro atoms. The second-order valence-electron chi connectivity index (χ2n) is 5.22. The minimum Gasteiger partial charge on any atom is -0.384 e. The lowest BCUT2D eigenvalue weighted by Crippen LogP contribution is -2.24. The summed E-state index contributed by atoms with van der Waals surface area (Å²) >= 11 is 1.98. The van der Waals surface area contributed by atoms with Gasteiger partial charge in [0.15, 0.2) is 5.65 Å². The molecule has 0 fully saturated rings. The molecule has 1 aliphatic rings. The molecule has 0 bridgehead atoms. The zero-order valence-electron chi connectivity index (χ0n) is 10.3. The number of aryl methyl sites for hydroxylation is 1. The number of nitrogen functional groups attached to an aromatic ring is 1. The summed E-state index contributed by atoms with van der Waals surface area (Å²) < 4.78 is 0.261. The first-order chi connectivity index (χ1) is 7.98. The Morgan fingerprint density at radius 3 is 2.88 bits per heavy atom. The van der Waals surface area contributed by atoms with E-state index in [2.05, 4.69) is 36.0 Å². The van der Waals surface area contributed by atoms with Gasteiger partial charge < -0.3 is 5.73 Å². The third kappa shape index (κ3) is 1.60. The minimum atomic E-state index is 0.261. The molecule has 17 heavy (non-hydrogen) atoms. The molecule has 1 aliphatic heterocycles. The normalized spacial score (nSPS) is 18.3. The highest BCUT2D eigenvalue weighted by atomic mass is 32.2. The van der Waals surface area contributed by atoms with Gasteiger partial charge in [-0.15, -0.1) is 0 Å². The fourth-order valence-electron chi connectivity index (χ4n) is 2.45. The zero-order chi connectivity index (χ0) is 12.2. The predicted octanol–water partition coefficient (Wildman–Crippen LogP) is 2.42. The fraction of sp³-hybridized carbons (Fsp3) is 0.500. The Hall–Kier alpha value is -1.23. The molecule has 3 heterocycles. The van der Waals surface area contributed by atoms with Crippen molar-refractivity contribution in [3.8, 4) is 0 Å². The van der Waals surface area contributed by atoms with Crippen molar-refractivity contribution in [2.24, 2.45) is 0 Å². The van der Waals surface area contributed by atoms with Gasteiger partial charge in [-0.05, 0) is 24.5 Å². The number of nitrogens with one attached hydrogen (secondary N) is 1. The fourth-order valence-corrected chi connectivity index (χ4v) is 3.61. The van der Waals surface area contributed by atoms with E-state index in [9.17, 15) is 0 Å². The van der Waals surface area contributed by atoms with Crippen molar-refractivity contribution in [3.05, 3.63) is 16.8 Å². The summed E-state index contributed by atoms with van der Waals surface area (Å²) in [7, 11) is 0. The molecular formula is C12H16N4S. The van der Waals surface area contributed by atoms with Gasteiger partial charge in [0.1, 0.15) is 5.82 Å². The molecule has 0 unspecified atom stereocenters. The van der Waals surface area contributed by atoms with Gasteiger partial charge in [-0.2, -0.15) is 16.9 Å². The Bertz CT molecular complexity index is 600. The monoisotopic (exact) mass is 248 g/mol. The topological polar surface area (TPSA) is 67.6 Å². The number of aromatic amines is 1. The summed E-state index contributed by atoms with van der Waals surface area (Å²) in [5.74, 6) is 1.66. The van der Waals surface area contributed by atoms with E-state index >= 15 is 0 Å². The predicted molar refractivity (Wildman–Crippen MR) is 72.1 cm³/mol. The number of aromatic nitrogens is 3. The van der Waals surface area contributed by atoms with Crippen LogP contribution in [0.15, 0.2) is 0 Å². The molecule has 2 aromatic rings. The molecule has 0 aromatic carbocycles. The van der Waals surface area contributed by atoms with Gasteiger partial charge in [-0.25, -0.2) is 4.98 Å². The van der Waals surface area contributed by atoms with Crippen LogP contribution in [0.3, 0.4) is 0 Å². The van der Waals surface area contributed by atoms with E-state index < -0.39 is 0 Å². The summed E-state index contributed by atoms with van der Waals surface area (Å²) in [6.07, 6.45) is 1.02. The van der Waals surface area contributed by atoms with Crippen LogP contribution in [0.5, 0.6) is 0 Å². The van der Waals surface area contributed by atoms with Crippen LogP contribution >= 0.6 is 11.8 Å². The maximum absolute atomic E-state index is 5.97. The van der Waals surface area contributed by atoms with Gasteiger partial charge >= 0.3 is 0 Å². The van der Waals surface area contributed by atoms with Crippen LogP contribution < -0.4 is 5.73 Å². The quantitative estimate of drug-likeness (QED) is 0.751. The molecule has 0 aliphatic carbocycles. The van der Waals surface area contributed by atoms with Crippen LogP contribution in [-0.2, 0) is 12.2 Å². The van der Waals surface area contributed by atoms with Crippen molar-refractivity contribution in [2.45, 2.75) is 37.7 Å². The number of nitrogens with two attached hydrogens (primary N) is 1. The van der Waals surface area contributed by atoms with E-state index in [0.29, 0.717) is 5.82 Å². The molecule has 0 radical (unpaired) electrons. The lowest BCUT2D eigenvalue weighted by atomic mass is 9.94. The Labute approximate surface area is 104 Å². The lowest BCUT2D eigenvalue weighted by molar-refractivity contribution is 0.694. The van der Waals surface area contributed by atoms with E-state index in [1.807, 2.05) is 11.8 Å². The number of anilines is 1. The molecule has 3 rings (SSSR count). The largest absolute Gasteiger partial charge is 0.384 e. The van der Waals surface area contributed by atoms with E-state index in [1.165, 1.54) is 11.1 Å². The number of pyridine rings is 1. The van der Waals surface area contributed by atoms with Gasteiger partial charge in [-0.3, -0.25) is 5.10 Å². The molecule has 5 heteroatoms. The van der Waals surface area contributed by atoms with Crippen LogP contribution in [-0.4, -0.2) is 19.9 Å². The molecule has 90 valence electrons. The number of rotatable bonds is 0. The van der Waals surface area contributed by atoms with Crippen molar-refractivity contribution in [1.82, 2.24) is 15.2 Å². The van der Waals surface area contributed by atoms with Gasteiger partial charge in [0.05, 0.1) is 5.39 Å². The Balaban J connectivity index is 2.34. The summed E-state index contributed by atoms with van der Waals surface area (Å²) in [6.45, 7) is 6.61. The number of H-pyrrole nitrogens is 1. The van der Waals surface area contributed by atoms with Crippen LogP contribution in [0, 0.1) is 6.92 Å². The minimum absolute atomic E-state index is 0.261. The van der Waals surface area contributed by atoms with Crippen LogP contribution in [0.25, 0.3) is 11.0 Å². The molecule has 4 nitrogen and oxygen atoms in total. The molecule has 0 saturated heterocycles. The number of hydrogen-bond acceptors (Lipinski definition) is 4. The summed E-state index contributed by atoms with van der Waals surface area (Å²) in [6, 6.07) is 0. The summed E-state index contributed by atoms with van der Waals surface area (Å²) in [5, 5.41) is 8.03. The molecule has 0 amide bonds. The van der Waals surface area contributed by atoms with Gasteiger partial charge in [0.2, 0.25) is 0 Å². The second-order valence-corrected chi connectivity index (χ2v) is 6.90. The van der Waals surface area contributed by atoms with Gasteiger partial charge in [0.25, 0.3) is 0 Å². The summed E-state index contributed by atoms with van der Waals surface area (Å²) in [4.78, 5) is 4.52. The zero-order valence-corrected chi connectivity index (χ0v) is 11.1. The average molecular weight is 248 g/mol. The summed E-state index contributed by atoms with van der Waals surface area (Å²) in [5.41, 5.74) is 10.5. The molecule has 0 atom stereocenters.